The molecule has 0 fully saturated rings. The van der Waals surface area contributed by atoms with E-state index in [-0.39, 0.29) is 0 Å². The van der Waals surface area contributed by atoms with Gasteiger partial charge < -0.3 is 4.57 Å². The molecule has 0 unspecified atom stereocenters. The predicted octanol–water partition coefficient (Wildman–Crippen LogP) is 7.38. The third-order valence-electron chi connectivity index (χ3n) is 5.71. The van der Waals surface area contributed by atoms with Crippen molar-refractivity contribution in [3.63, 3.8) is 0 Å². The van der Waals surface area contributed by atoms with E-state index in [1.54, 1.807) is 5.56 Å². The largest absolute Gasteiger partial charge is 0.350 e. The highest BCUT2D eigenvalue weighted by Crippen LogP contribution is 2.39. The van der Waals surface area contributed by atoms with E-state index in [9.17, 15) is 0 Å². The maximum absolute atomic E-state index is 2.52. The molecule has 24 heavy (non-hydrogen) atoms. The number of benzene rings is 1. The Morgan fingerprint density at radius 1 is 0.833 bits per heavy atom. The smallest absolute Gasteiger partial charge is 0.0480 e. The summed E-state index contributed by atoms with van der Waals surface area (Å²) in [6.45, 7) is 7.12. The summed E-state index contributed by atoms with van der Waals surface area (Å²) in [6, 6.07) is 8.93. The van der Waals surface area contributed by atoms with E-state index in [1.807, 2.05) is 0 Å². The maximum atomic E-state index is 2.52. The van der Waals surface area contributed by atoms with Gasteiger partial charge in [-0.25, -0.2) is 0 Å². The van der Waals surface area contributed by atoms with Crippen LogP contribution in [0, 0.1) is 0 Å². The lowest BCUT2D eigenvalue weighted by Gasteiger charge is -2.30. The second-order valence-electron chi connectivity index (χ2n) is 7.85. The molecule has 0 saturated carbocycles. The molecule has 2 rings (SSSR count). The molecule has 0 N–H and O–H groups in total. The molecular weight excluding hydrogens is 290 g/mol. The maximum Gasteiger partial charge on any atom is 0.0480 e. The van der Waals surface area contributed by atoms with Crippen molar-refractivity contribution in [2.45, 2.75) is 90.4 Å². The number of rotatable bonds is 11. The van der Waals surface area contributed by atoms with Crippen LogP contribution in [-0.2, 0) is 12.5 Å². The average molecular weight is 328 g/mol. The quantitative estimate of drug-likeness (QED) is 0.379. The molecule has 0 atom stereocenters. The van der Waals surface area contributed by atoms with Crippen molar-refractivity contribution in [2.24, 2.45) is 7.05 Å². The fraction of sp³-hybridized carbons (Fsp3) is 0.652. The van der Waals surface area contributed by atoms with Crippen molar-refractivity contribution in [1.29, 1.82) is 0 Å². The molecule has 1 heterocycles. The Balaban J connectivity index is 2.22. The van der Waals surface area contributed by atoms with Crippen LogP contribution in [0.4, 0.5) is 0 Å². The van der Waals surface area contributed by atoms with Gasteiger partial charge in [-0.15, -0.1) is 0 Å². The molecule has 2 aromatic rings. The topological polar surface area (TPSA) is 4.93 Å². The van der Waals surface area contributed by atoms with Gasteiger partial charge in [-0.05, 0) is 29.9 Å². The molecule has 0 aliphatic rings. The molecule has 134 valence electrons. The third kappa shape index (κ3) is 4.65. The molecule has 0 amide bonds. The van der Waals surface area contributed by atoms with Gasteiger partial charge in [0.1, 0.15) is 0 Å². The fourth-order valence-corrected chi connectivity index (χ4v) is 4.10. The Kier molecular flexibility index (Phi) is 7.40. The first-order valence-electron chi connectivity index (χ1n) is 10.2. The molecule has 0 bridgehead atoms. The van der Waals surface area contributed by atoms with Crippen molar-refractivity contribution in [1.82, 2.24) is 4.57 Å². The zero-order chi connectivity index (χ0) is 17.4. The zero-order valence-electron chi connectivity index (χ0n) is 16.4. The number of aromatic nitrogens is 1. The van der Waals surface area contributed by atoms with Crippen LogP contribution in [0.2, 0.25) is 0 Å². The standard InChI is InChI=1S/C23H37N/c1-5-7-9-13-17-23(3,18-14-10-8-6-2)21-19-24(4)22-16-12-11-15-20(21)22/h11-12,15-16,19H,5-10,13-14,17-18H2,1-4H3. The third-order valence-corrected chi connectivity index (χ3v) is 5.71. The van der Waals surface area contributed by atoms with E-state index in [0.29, 0.717) is 5.41 Å². The molecule has 1 aromatic carbocycles. The van der Waals surface area contributed by atoms with Crippen LogP contribution in [0.15, 0.2) is 30.5 Å². The lowest BCUT2D eigenvalue weighted by Crippen LogP contribution is -2.22. The number of aryl methyl sites for hydroxylation is 1. The van der Waals surface area contributed by atoms with Gasteiger partial charge in [0.15, 0.2) is 0 Å². The summed E-state index contributed by atoms with van der Waals surface area (Å²) in [4.78, 5) is 0. The predicted molar refractivity (Wildman–Crippen MR) is 108 cm³/mol. The van der Waals surface area contributed by atoms with Crippen LogP contribution in [0.3, 0.4) is 0 Å². The minimum atomic E-state index is 0.322. The van der Waals surface area contributed by atoms with Crippen molar-refractivity contribution >= 4 is 10.9 Å². The van der Waals surface area contributed by atoms with E-state index in [2.05, 4.69) is 62.8 Å². The molecule has 0 spiro atoms. The molecule has 1 nitrogen and oxygen atoms in total. The SMILES string of the molecule is CCCCCCC(C)(CCCCCC)c1cn(C)c2ccccc12. The summed E-state index contributed by atoms with van der Waals surface area (Å²) >= 11 is 0. The summed E-state index contributed by atoms with van der Waals surface area (Å²) in [5.41, 5.74) is 3.27. The van der Waals surface area contributed by atoms with Gasteiger partial charge in [-0.2, -0.15) is 0 Å². The Morgan fingerprint density at radius 3 is 2.00 bits per heavy atom. The first kappa shape index (κ1) is 19.1. The van der Waals surface area contributed by atoms with Gasteiger partial charge in [0, 0.05) is 24.1 Å². The van der Waals surface area contributed by atoms with Gasteiger partial charge in [0.2, 0.25) is 0 Å². The van der Waals surface area contributed by atoms with Crippen molar-refractivity contribution < 1.29 is 0 Å². The van der Waals surface area contributed by atoms with Gasteiger partial charge in [0.25, 0.3) is 0 Å². The molecule has 0 radical (unpaired) electrons. The van der Waals surface area contributed by atoms with Crippen LogP contribution in [0.5, 0.6) is 0 Å². The van der Waals surface area contributed by atoms with E-state index in [4.69, 9.17) is 0 Å². The summed E-state index contributed by atoms with van der Waals surface area (Å²) in [6.07, 6.45) is 15.9. The second-order valence-corrected chi connectivity index (χ2v) is 7.85. The summed E-state index contributed by atoms with van der Waals surface area (Å²) in [7, 11) is 2.19. The van der Waals surface area contributed by atoms with E-state index in [0.717, 1.165) is 0 Å². The second kappa shape index (κ2) is 9.30. The Bertz CT molecular complexity index is 596. The van der Waals surface area contributed by atoms with E-state index >= 15 is 0 Å². The molecule has 0 saturated heterocycles. The minimum Gasteiger partial charge on any atom is -0.350 e. The van der Waals surface area contributed by atoms with Crippen LogP contribution in [0.25, 0.3) is 10.9 Å². The van der Waals surface area contributed by atoms with Crippen LogP contribution < -0.4 is 0 Å². The summed E-state index contributed by atoms with van der Waals surface area (Å²) in [5, 5.41) is 1.47. The summed E-state index contributed by atoms with van der Waals surface area (Å²) < 4.78 is 2.32. The van der Waals surface area contributed by atoms with Gasteiger partial charge >= 0.3 is 0 Å². The molecule has 1 aromatic heterocycles. The molecule has 0 aliphatic carbocycles. The Labute approximate surface area is 149 Å². The highest BCUT2D eigenvalue weighted by Gasteiger charge is 2.28. The van der Waals surface area contributed by atoms with Crippen molar-refractivity contribution in [3.05, 3.63) is 36.0 Å². The first-order valence-corrected chi connectivity index (χ1v) is 10.2. The lowest BCUT2D eigenvalue weighted by molar-refractivity contribution is 0.366. The molecular formula is C23H37N. The van der Waals surface area contributed by atoms with Gasteiger partial charge in [0.05, 0.1) is 0 Å². The molecule has 1 heteroatoms. The number of fused-ring (bicyclic) bond motifs is 1. The van der Waals surface area contributed by atoms with Crippen LogP contribution >= 0.6 is 0 Å². The van der Waals surface area contributed by atoms with Crippen LogP contribution in [-0.4, -0.2) is 4.57 Å². The number of hydrogen-bond donors (Lipinski definition) is 0. The average Bonchev–Trinajstić information content (AvgIpc) is 2.94. The highest BCUT2D eigenvalue weighted by atomic mass is 14.9. The van der Waals surface area contributed by atoms with E-state index < -0.39 is 0 Å². The van der Waals surface area contributed by atoms with Crippen LogP contribution in [0.1, 0.15) is 90.5 Å². The first-order chi connectivity index (χ1) is 11.6. The van der Waals surface area contributed by atoms with Crippen molar-refractivity contribution in [3.8, 4) is 0 Å². The number of nitrogens with zero attached hydrogens (tertiary/aromatic N) is 1. The Morgan fingerprint density at radius 2 is 1.42 bits per heavy atom. The number of unbranched alkanes of at least 4 members (excludes halogenated alkanes) is 6. The zero-order valence-corrected chi connectivity index (χ0v) is 16.4. The monoisotopic (exact) mass is 327 g/mol. The lowest BCUT2D eigenvalue weighted by atomic mass is 9.74. The van der Waals surface area contributed by atoms with Gasteiger partial charge in [-0.1, -0.05) is 90.3 Å². The van der Waals surface area contributed by atoms with E-state index in [1.165, 1.54) is 75.1 Å². The highest BCUT2D eigenvalue weighted by molar-refractivity contribution is 5.85. The summed E-state index contributed by atoms with van der Waals surface area (Å²) in [5.74, 6) is 0. The minimum absolute atomic E-state index is 0.322. The number of hydrogen-bond acceptors (Lipinski definition) is 0. The van der Waals surface area contributed by atoms with Gasteiger partial charge in [-0.3, -0.25) is 0 Å². The number of para-hydroxylation sites is 1. The Hall–Kier alpha value is -1.24. The molecule has 0 aliphatic heterocycles. The fourth-order valence-electron chi connectivity index (χ4n) is 4.10. The normalized spacial score (nSPS) is 12.2. The van der Waals surface area contributed by atoms with Crippen molar-refractivity contribution in [2.75, 3.05) is 0 Å².